The van der Waals surface area contributed by atoms with Gasteiger partial charge in [0.1, 0.15) is 66.3 Å². The van der Waals surface area contributed by atoms with E-state index in [1.54, 1.807) is 69.2 Å². The third-order valence-electron chi connectivity index (χ3n) is 24.5. The summed E-state index contributed by atoms with van der Waals surface area (Å²) in [5.74, 6) is -4.82. The maximum absolute atomic E-state index is 14.2. The van der Waals surface area contributed by atoms with Crippen molar-refractivity contribution >= 4 is 11.9 Å². The molecule has 0 aromatic carbocycles. The van der Waals surface area contributed by atoms with E-state index in [1.807, 2.05) is 98.4 Å². The zero-order chi connectivity index (χ0) is 78.0. The van der Waals surface area contributed by atoms with E-state index in [0.717, 1.165) is 0 Å². The van der Waals surface area contributed by atoms with Crippen LogP contribution in [0.3, 0.4) is 0 Å². The number of likely N-dealkylation sites (N-methyl/N-ethyl adjacent to an activating group) is 3. The van der Waals surface area contributed by atoms with Crippen molar-refractivity contribution in [3.05, 3.63) is 0 Å². The lowest BCUT2D eigenvalue weighted by Gasteiger charge is -2.49. The first-order valence-corrected chi connectivity index (χ1v) is 38.0. The smallest absolute Gasteiger partial charge is 0.311 e. The minimum atomic E-state index is -1.80. The average Bonchev–Trinajstić information content (AvgIpc) is 1.67. The first kappa shape index (κ1) is 89.9. The number of aliphatic hydroxyl groups is 9. The number of ether oxygens (including phenoxy) is 13. The normalized spacial score (nSPS) is 50.8. The number of fused-ring (bicyclic) bond motifs is 2. The van der Waals surface area contributed by atoms with Crippen LogP contribution in [0.15, 0.2) is 0 Å². The molecular weight excluding hydrogens is 1340 g/mol. The lowest BCUT2D eigenvalue weighted by molar-refractivity contribution is -0.321. The molecule has 7 aliphatic rings. The van der Waals surface area contributed by atoms with E-state index in [4.69, 9.17) is 61.6 Å². The van der Waals surface area contributed by atoms with Crippen molar-refractivity contribution in [3.63, 3.8) is 0 Å². The highest BCUT2D eigenvalue weighted by molar-refractivity contribution is 5.73. The molecule has 10 N–H and O–H groups in total. The fourth-order valence-corrected chi connectivity index (χ4v) is 17.6. The van der Waals surface area contributed by atoms with Crippen LogP contribution >= 0.6 is 0 Å². The topological polar surface area (TPSA) is 358 Å². The van der Waals surface area contributed by atoms with Gasteiger partial charge in [-0.2, -0.15) is 0 Å². The number of nitrogens with zero attached hydrogens (tertiary/aromatic N) is 3. The Hall–Kier alpha value is -2.02. The summed E-state index contributed by atoms with van der Waals surface area (Å²) in [6.07, 6.45) is -15.9. The van der Waals surface area contributed by atoms with Crippen molar-refractivity contribution < 1.29 is 117 Å². The van der Waals surface area contributed by atoms with Gasteiger partial charge in [-0.3, -0.25) is 14.5 Å². The van der Waals surface area contributed by atoms with E-state index in [1.165, 1.54) is 28.1 Å². The molecule has 0 aromatic rings. The number of aliphatic hydroxyl groups excluding tert-OH is 6. The van der Waals surface area contributed by atoms with E-state index >= 15 is 0 Å². The predicted molar refractivity (Wildman–Crippen MR) is 382 cm³/mol. The van der Waals surface area contributed by atoms with Gasteiger partial charge in [-0.25, -0.2) is 0 Å². The Morgan fingerprint density at radius 1 is 0.544 bits per heavy atom. The van der Waals surface area contributed by atoms with Crippen LogP contribution < -0.4 is 5.32 Å². The van der Waals surface area contributed by atoms with Gasteiger partial charge < -0.3 is 123 Å². The summed E-state index contributed by atoms with van der Waals surface area (Å²) < 4.78 is 82.5. The number of rotatable bonds is 14. The van der Waals surface area contributed by atoms with E-state index in [9.17, 15) is 55.5 Å². The Bertz CT molecular complexity index is 2650. The fourth-order valence-electron chi connectivity index (χ4n) is 17.6. The highest BCUT2D eigenvalue weighted by Gasteiger charge is 2.59. The molecule has 37 atom stereocenters. The molecule has 7 rings (SSSR count). The molecule has 604 valence electrons. The molecule has 0 spiro atoms. The molecule has 28 nitrogen and oxygen atoms in total. The largest absolute Gasteiger partial charge is 0.459 e. The molecule has 103 heavy (non-hydrogen) atoms. The quantitative estimate of drug-likeness (QED) is 0.110. The second kappa shape index (κ2) is 36.0. The molecule has 0 aromatic heterocycles. The summed E-state index contributed by atoms with van der Waals surface area (Å²) in [5.41, 5.74) is -8.16. The van der Waals surface area contributed by atoms with Crippen molar-refractivity contribution in [3.8, 4) is 0 Å². The van der Waals surface area contributed by atoms with E-state index < -0.39 is 198 Å². The summed E-state index contributed by atoms with van der Waals surface area (Å²) in [6, 6.07) is -1.68. The molecule has 0 saturated carbocycles. The second-order valence-electron chi connectivity index (χ2n) is 33.9. The van der Waals surface area contributed by atoms with Gasteiger partial charge in [0.25, 0.3) is 0 Å². The van der Waals surface area contributed by atoms with Crippen LogP contribution in [0, 0.1) is 35.5 Å². The van der Waals surface area contributed by atoms with Crippen LogP contribution in [0.25, 0.3) is 0 Å². The second-order valence-corrected chi connectivity index (χ2v) is 33.9. The summed E-state index contributed by atoms with van der Waals surface area (Å²) in [7, 11) is 12.5. The Morgan fingerprint density at radius 2 is 0.942 bits per heavy atom. The number of hydrogen-bond donors (Lipinski definition) is 10. The highest BCUT2D eigenvalue weighted by Crippen LogP contribution is 2.48. The van der Waals surface area contributed by atoms with Gasteiger partial charge in [0.05, 0.1) is 83.1 Å². The number of carbonyl (C=O) groups is 2. The minimum Gasteiger partial charge on any atom is -0.459 e. The maximum Gasteiger partial charge on any atom is 0.311 e. The third kappa shape index (κ3) is 20.2. The number of methoxy groups -OCH3 is 2. The Balaban J connectivity index is 0.000000324. The fraction of sp³-hybridized carbons (Fsp3) is 0.973. The van der Waals surface area contributed by atoms with E-state index in [2.05, 4.69) is 12.2 Å². The van der Waals surface area contributed by atoms with E-state index in [0.29, 0.717) is 25.8 Å². The van der Waals surface area contributed by atoms with Gasteiger partial charge >= 0.3 is 11.9 Å². The van der Waals surface area contributed by atoms with Crippen LogP contribution in [0.4, 0.5) is 0 Å². The van der Waals surface area contributed by atoms with Crippen LogP contribution in [-0.2, 0) is 71.2 Å². The molecule has 0 amide bonds. The summed E-state index contributed by atoms with van der Waals surface area (Å²) in [6.45, 7) is 36.1. The Labute approximate surface area is 614 Å². The molecule has 0 aliphatic carbocycles. The SMILES string of the molecule is CC[C@H]1OC(=O)[C@H](C)[C@@H](OC2C[C@@](C)(OC)[C@@H](O)[C@H](C)O2)[C@H](C)[C@@H](O[C@@H]2O[C@H](C)C[C@H](N(C)C)[C@H]2O)[C@@]2(C)C[C@@H](C)C(O2)N(C)[C@H](C)[C@@H](O)[C@]1(C)O.CC[C@H]1OC(=O)[C@H](C)[C@@H](OC2C[C@@](C)(OC)[C@@H](O)[C@H](C)O2)[C@H](C)[C@@H](O[C@@H]2O[C@H](C)C[C@H](N(C)C)[C@H]2O)[C@](C)(O)C[C@@H](C)CN[C@H](C)[C@@H](O)[C@]1(C)O. The number of cyclic esters (lactones) is 2. The molecule has 0 radical (unpaired) electrons. The first-order valence-electron chi connectivity index (χ1n) is 38.0. The monoisotopic (exact) mass is 1480 g/mol. The number of nitrogens with one attached hydrogen (secondary N) is 1. The molecule has 7 saturated heterocycles. The van der Waals surface area contributed by atoms with Gasteiger partial charge in [-0.15, -0.1) is 0 Å². The third-order valence-corrected chi connectivity index (χ3v) is 24.5. The number of esters is 2. The molecule has 7 heterocycles. The van der Waals surface area contributed by atoms with Crippen molar-refractivity contribution in [1.82, 2.24) is 20.0 Å². The molecule has 7 fully saturated rings. The number of hydrogen-bond acceptors (Lipinski definition) is 28. The van der Waals surface area contributed by atoms with Crippen molar-refractivity contribution in [2.45, 2.75) is 377 Å². The average molecular weight is 1480 g/mol. The van der Waals surface area contributed by atoms with Crippen LogP contribution in [0.2, 0.25) is 0 Å². The summed E-state index contributed by atoms with van der Waals surface area (Å²) >= 11 is 0. The Kier molecular flexibility index (Phi) is 31.4. The maximum atomic E-state index is 14.2. The molecular formula is C75H140N4O24. The zero-order valence-corrected chi connectivity index (χ0v) is 67.3. The van der Waals surface area contributed by atoms with Crippen molar-refractivity contribution in [2.75, 3.05) is 56.0 Å². The standard InChI is InChI=1S/C38H70N2O12.C37H70N2O12/c1-15-26-38(10,45)30(42)23(6)40(13)33-19(2)17-37(9,52-33)32(51-35-28(41)25(39(11)12)16-20(3)47-35)21(4)29(22(5)34(44)49-26)50-27-18-36(8,46-14)31(43)24(7)48-27;1-14-26-37(10,45)30(41)23(6)38-18-19(2)16-35(8,44)32(51-34-28(40)25(39(11)12)15-20(3)47-34)21(4)29(22(5)33(43)49-26)50-27-17-36(9,46-13)31(42)24(7)48-27/h19-33,35,41-43,45H,15-18H2,1-14H3;19-32,34,38,40-42,44-45H,14-18H2,1-13H3/t19-,20-,21+,22-,23-,24+,25+,26-,27?,28-,29+,30-,31+,32-,33?,35+,36-,37-,38-;19-,20-,21+,22-,23-,24+,25+,26-,27?,28-,29+,30-,31+,32-,34+,35-,36-,37-/m11/s1. The molecule has 28 heteroatoms. The lowest BCUT2D eigenvalue weighted by atomic mass is 9.77. The van der Waals surface area contributed by atoms with Crippen molar-refractivity contribution in [1.29, 1.82) is 0 Å². The summed E-state index contributed by atoms with van der Waals surface area (Å²) in [5, 5.41) is 107. The van der Waals surface area contributed by atoms with Gasteiger partial charge in [0.15, 0.2) is 25.2 Å². The Morgan fingerprint density at radius 3 is 1.34 bits per heavy atom. The van der Waals surface area contributed by atoms with Gasteiger partial charge in [-0.1, -0.05) is 41.5 Å². The highest BCUT2D eigenvalue weighted by atomic mass is 16.7. The number of carbonyl (C=O) groups excluding carboxylic acids is 2. The molecule has 3 unspecified atom stereocenters. The zero-order valence-electron chi connectivity index (χ0n) is 67.3. The molecule has 7 aliphatic heterocycles. The van der Waals surface area contributed by atoms with Crippen LogP contribution in [-0.4, -0.2) is 315 Å². The van der Waals surface area contributed by atoms with Crippen LogP contribution in [0.1, 0.15) is 190 Å². The predicted octanol–water partition coefficient (Wildman–Crippen LogP) is 3.82. The van der Waals surface area contributed by atoms with Gasteiger partial charge in [0, 0.05) is 63.1 Å². The van der Waals surface area contributed by atoms with Gasteiger partial charge in [-0.05, 0) is 189 Å². The van der Waals surface area contributed by atoms with Gasteiger partial charge in [0.2, 0.25) is 0 Å². The minimum absolute atomic E-state index is 0.0493. The molecule has 2 bridgehead atoms. The summed E-state index contributed by atoms with van der Waals surface area (Å²) in [4.78, 5) is 34.2. The van der Waals surface area contributed by atoms with E-state index in [-0.39, 0.29) is 68.2 Å². The lowest BCUT2D eigenvalue weighted by Crippen LogP contribution is -2.62. The van der Waals surface area contributed by atoms with Crippen molar-refractivity contribution in [2.24, 2.45) is 35.5 Å². The first-order chi connectivity index (χ1) is 47.5. The van der Waals surface area contributed by atoms with Crippen LogP contribution in [0.5, 0.6) is 0 Å².